The molecule has 0 aromatic heterocycles. The summed E-state index contributed by atoms with van der Waals surface area (Å²) in [5, 5.41) is 9.15. The molecule has 2 rings (SSSR count). The molecule has 3 heteroatoms. The Morgan fingerprint density at radius 1 is 1.47 bits per heavy atom. The Morgan fingerprint density at radius 2 is 2.18 bits per heavy atom. The summed E-state index contributed by atoms with van der Waals surface area (Å²) in [6.45, 7) is 3.70. The van der Waals surface area contributed by atoms with E-state index < -0.39 is 5.97 Å². The molecule has 1 aromatic carbocycles. The van der Waals surface area contributed by atoms with E-state index in [1.54, 1.807) is 0 Å². The van der Waals surface area contributed by atoms with Gasteiger partial charge in [0.15, 0.2) is 0 Å². The summed E-state index contributed by atoms with van der Waals surface area (Å²) in [6, 6.07) is 10.1. The van der Waals surface area contributed by atoms with Crippen LogP contribution in [-0.2, 0) is 4.79 Å². The van der Waals surface area contributed by atoms with E-state index in [-0.39, 0.29) is 6.04 Å². The van der Waals surface area contributed by atoms with Crippen molar-refractivity contribution in [2.24, 2.45) is 0 Å². The number of hydrogen-bond donors (Lipinski definition) is 1. The Balaban J connectivity index is 2.02. The van der Waals surface area contributed by atoms with Crippen molar-refractivity contribution in [1.29, 1.82) is 0 Å². The Bertz CT molecular complexity index is 377. The van der Waals surface area contributed by atoms with Crippen LogP contribution in [0.25, 0.3) is 0 Å². The largest absolute Gasteiger partial charge is 0.480 e. The van der Waals surface area contributed by atoms with Crippen LogP contribution in [0.5, 0.6) is 0 Å². The van der Waals surface area contributed by atoms with Crippen molar-refractivity contribution in [2.45, 2.75) is 31.7 Å². The SMILES string of the molecule is CCC(C(=O)O)N1CCC(c2ccccc2)C1. The average molecular weight is 233 g/mol. The van der Waals surface area contributed by atoms with Gasteiger partial charge in [0.25, 0.3) is 0 Å². The summed E-state index contributed by atoms with van der Waals surface area (Å²) in [5.74, 6) is -0.203. The third-order valence-corrected chi connectivity index (χ3v) is 3.60. The molecule has 1 fully saturated rings. The quantitative estimate of drug-likeness (QED) is 0.867. The van der Waals surface area contributed by atoms with Crippen LogP contribution in [0, 0.1) is 0 Å². The van der Waals surface area contributed by atoms with Gasteiger partial charge in [-0.15, -0.1) is 0 Å². The Morgan fingerprint density at radius 3 is 2.76 bits per heavy atom. The molecule has 3 nitrogen and oxygen atoms in total. The molecule has 1 aliphatic rings. The molecule has 0 radical (unpaired) electrons. The van der Waals surface area contributed by atoms with Crippen molar-refractivity contribution in [3.8, 4) is 0 Å². The molecule has 0 spiro atoms. The van der Waals surface area contributed by atoms with E-state index in [1.165, 1.54) is 5.56 Å². The second kappa shape index (κ2) is 5.32. The van der Waals surface area contributed by atoms with Crippen LogP contribution < -0.4 is 0 Å². The molecule has 0 saturated carbocycles. The highest BCUT2D eigenvalue weighted by Gasteiger charge is 2.31. The highest BCUT2D eigenvalue weighted by molar-refractivity contribution is 5.73. The van der Waals surface area contributed by atoms with Crippen LogP contribution in [0.4, 0.5) is 0 Å². The average Bonchev–Trinajstić information content (AvgIpc) is 2.80. The monoisotopic (exact) mass is 233 g/mol. The summed E-state index contributed by atoms with van der Waals surface area (Å²) >= 11 is 0. The van der Waals surface area contributed by atoms with Crippen molar-refractivity contribution in [3.05, 3.63) is 35.9 Å². The van der Waals surface area contributed by atoms with E-state index in [0.29, 0.717) is 12.3 Å². The van der Waals surface area contributed by atoms with Gasteiger partial charge in [0.05, 0.1) is 0 Å². The summed E-state index contributed by atoms with van der Waals surface area (Å²) in [7, 11) is 0. The fraction of sp³-hybridized carbons (Fsp3) is 0.500. The first-order chi connectivity index (χ1) is 8.22. The lowest BCUT2D eigenvalue weighted by Gasteiger charge is -2.22. The number of benzene rings is 1. The molecule has 17 heavy (non-hydrogen) atoms. The second-order valence-electron chi connectivity index (χ2n) is 4.65. The predicted octanol–water partition coefficient (Wildman–Crippen LogP) is 2.34. The zero-order valence-corrected chi connectivity index (χ0v) is 10.2. The van der Waals surface area contributed by atoms with E-state index in [2.05, 4.69) is 17.0 Å². The number of likely N-dealkylation sites (tertiary alicyclic amines) is 1. The molecule has 1 saturated heterocycles. The summed E-state index contributed by atoms with van der Waals surface area (Å²) in [5.41, 5.74) is 1.33. The molecule has 1 heterocycles. The van der Waals surface area contributed by atoms with Crippen LogP contribution in [0.1, 0.15) is 31.2 Å². The first-order valence-corrected chi connectivity index (χ1v) is 6.24. The van der Waals surface area contributed by atoms with Crippen LogP contribution in [0.3, 0.4) is 0 Å². The molecule has 2 unspecified atom stereocenters. The van der Waals surface area contributed by atoms with Gasteiger partial charge < -0.3 is 5.11 Å². The molecular formula is C14H19NO2. The molecule has 1 N–H and O–H groups in total. The summed E-state index contributed by atoms with van der Waals surface area (Å²) in [6.07, 6.45) is 1.74. The Labute approximate surface area is 102 Å². The third kappa shape index (κ3) is 2.67. The lowest BCUT2D eigenvalue weighted by atomic mass is 9.99. The van der Waals surface area contributed by atoms with Gasteiger partial charge in [0, 0.05) is 6.54 Å². The molecule has 92 valence electrons. The minimum Gasteiger partial charge on any atom is -0.480 e. The van der Waals surface area contributed by atoms with Crippen molar-refractivity contribution in [1.82, 2.24) is 4.90 Å². The summed E-state index contributed by atoms with van der Waals surface area (Å²) in [4.78, 5) is 13.2. The number of carboxylic acids is 1. The van der Waals surface area contributed by atoms with Crippen molar-refractivity contribution in [3.63, 3.8) is 0 Å². The highest BCUT2D eigenvalue weighted by atomic mass is 16.4. The van der Waals surface area contributed by atoms with Gasteiger partial charge in [0.2, 0.25) is 0 Å². The van der Waals surface area contributed by atoms with Gasteiger partial charge in [-0.05, 0) is 30.9 Å². The standard InChI is InChI=1S/C14H19NO2/c1-2-13(14(16)17)15-9-8-12(10-15)11-6-4-3-5-7-11/h3-7,12-13H,2,8-10H2,1H3,(H,16,17). The van der Waals surface area contributed by atoms with Crippen molar-refractivity contribution in [2.75, 3.05) is 13.1 Å². The number of nitrogens with zero attached hydrogens (tertiary/aromatic N) is 1. The maximum atomic E-state index is 11.1. The maximum Gasteiger partial charge on any atom is 0.320 e. The lowest BCUT2D eigenvalue weighted by molar-refractivity contribution is -0.143. The minimum atomic E-state index is -0.693. The van der Waals surface area contributed by atoms with Gasteiger partial charge in [-0.25, -0.2) is 0 Å². The Hall–Kier alpha value is -1.35. The smallest absolute Gasteiger partial charge is 0.320 e. The second-order valence-corrected chi connectivity index (χ2v) is 4.65. The zero-order chi connectivity index (χ0) is 12.3. The van der Waals surface area contributed by atoms with Gasteiger partial charge in [-0.3, -0.25) is 9.69 Å². The molecule has 1 aliphatic heterocycles. The van der Waals surface area contributed by atoms with Crippen molar-refractivity contribution >= 4 is 5.97 Å². The topological polar surface area (TPSA) is 40.5 Å². The van der Waals surface area contributed by atoms with Gasteiger partial charge in [0.1, 0.15) is 6.04 Å². The summed E-state index contributed by atoms with van der Waals surface area (Å²) < 4.78 is 0. The number of carboxylic acid groups (broad SMARTS) is 1. The number of rotatable bonds is 4. The van der Waals surface area contributed by atoms with E-state index in [9.17, 15) is 4.79 Å². The lowest BCUT2D eigenvalue weighted by Crippen LogP contribution is -2.39. The normalized spacial score (nSPS) is 22.5. The number of aliphatic carboxylic acids is 1. The highest BCUT2D eigenvalue weighted by Crippen LogP contribution is 2.28. The van der Waals surface area contributed by atoms with Crippen LogP contribution in [-0.4, -0.2) is 35.1 Å². The first kappa shape index (κ1) is 12.1. The van der Waals surface area contributed by atoms with E-state index >= 15 is 0 Å². The van der Waals surface area contributed by atoms with E-state index in [1.807, 2.05) is 25.1 Å². The minimum absolute atomic E-state index is 0.316. The van der Waals surface area contributed by atoms with Gasteiger partial charge in [-0.1, -0.05) is 37.3 Å². The van der Waals surface area contributed by atoms with E-state index in [4.69, 9.17) is 5.11 Å². The molecule has 0 bridgehead atoms. The zero-order valence-electron chi connectivity index (χ0n) is 10.2. The van der Waals surface area contributed by atoms with Gasteiger partial charge in [-0.2, -0.15) is 0 Å². The molecular weight excluding hydrogens is 214 g/mol. The predicted molar refractivity (Wildman–Crippen MR) is 67.1 cm³/mol. The van der Waals surface area contributed by atoms with Crippen LogP contribution in [0.2, 0.25) is 0 Å². The number of hydrogen-bond acceptors (Lipinski definition) is 2. The van der Waals surface area contributed by atoms with Crippen LogP contribution >= 0.6 is 0 Å². The third-order valence-electron chi connectivity index (χ3n) is 3.60. The Kier molecular flexibility index (Phi) is 3.79. The molecule has 1 aromatic rings. The van der Waals surface area contributed by atoms with Gasteiger partial charge >= 0.3 is 5.97 Å². The molecule has 0 amide bonds. The molecule has 2 atom stereocenters. The molecule has 0 aliphatic carbocycles. The maximum absolute atomic E-state index is 11.1. The first-order valence-electron chi connectivity index (χ1n) is 6.24. The fourth-order valence-electron chi connectivity index (χ4n) is 2.66. The van der Waals surface area contributed by atoms with Crippen LogP contribution in [0.15, 0.2) is 30.3 Å². The fourth-order valence-corrected chi connectivity index (χ4v) is 2.66. The van der Waals surface area contributed by atoms with E-state index in [0.717, 1.165) is 19.5 Å². The number of carbonyl (C=O) groups is 1. The van der Waals surface area contributed by atoms with Crippen molar-refractivity contribution < 1.29 is 9.90 Å².